The first-order valence-corrected chi connectivity index (χ1v) is 7.57. The topological polar surface area (TPSA) is 61.4 Å². The Kier molecular flexibility index (Phi) is 6.12. The molecule has 1 aliphatic rings. The summed E-state index contributed by atoms with van der Waals surface area (Å²) in [6, 6.07) is 5.67. The van der Waals surface area contributed by atoms with E-state index in [9.17, 15) is 14.0 Å². The van der Waals surface area contributed by atoms with Gasteiger partial charge in [0.15, 0.2) is 0 Å². The minimum absolute atomic E-state index is 0.0845. The molecule has 0 aliphatic carbocycles. The number of carbonyl (C=O) groups excluding carboxylic acids is 2. The molecule has 2 amide bonds. The number of halogens is 1. The molecule has 0 unspecified atom stereocenters. The van der Waals surface area contributed by atoms with Crippen molar-refractivity contribution < 1.29 is 14.0 Å². The van der Waals surface area contributed by atoms with Crippen LogP contribution in [0.15, 0.2) is 24.3 Å². The van der Waals surface area contributed by atoms with Crippen molar-refractivity contribution in [3.05, 3.63) is 35.6 Å². The molecule has 0 aromatic heterocycles. The van der Waals surface area contributed by atoms with Gasteiger partial charge in [0.05, 0.1) is 13.0 Å². The molecule has 122 valence electrons. The summed E-state index contributed by atoms with van der Waals surface area (Å²) >= 11 is 0. The van der Waals surface area contributed by atoms with Crippen LogP contribution in [-0.4, -0.2) is 36.3 Å². The molecule has 6 heteroatoms. The standard InChI is InChI=1S/C17H20FN3O2/c1-2-9-21-10-7-14(8-11-21)17(23)20-19-16(22)12-13-3-5-15(18)6-4-13/h1,3-6,14H,7-12H2,(H,19,22)(H,20,23). The largest absolute Gasteiger partial charge is 0.292 e. The predicted octanol–water partition coefficient (Wildman–Crippen LogP) is 0.861. The Bertz CT molecular complexity index is 587. The lowest BCUT2D eigenvalue weighted by molar-refractivity contribution is -0.132. The van der Waals surface area contributed by atoms with E-state index in [1.807, 2.05) is 0 Å². The van der Waals surface area contributed by atoms with Crippen molar-refractivity contribution in [3.63, 3.8) is 0 Å². The maximum absolute atomic E-state index is 12.8. The lowest BCUT2D eigenvalue weighted by Gasteiger charge is -2.29. The first-order chi connectivity index (χ1) is 11.1. The number of hydrogen-bond donors (Lipinski definition) is 2. The van der Waals surface area contributed by atoms with Gasteiger partial charge in [-0.3, -0.25) is 25.3 Å². The lowest BCUT2D eigenvalue weighted by atomic mass is 9.96. The Morgan fingerprint density at radius 2 is 1.87 bits per heavy atom. The van der Waals surface area contributed by atoms with Gasteiger partial charge in [-0.25, -0.2) is 4.39 Å². The minimum Gasteiger partial charge on any atom is -0.292 e. The Hall–Kier alpha value is -2.39. The zero-order valence-corrected chi connectivity index (χ0v) is 12.8. The van der Waals surface area contributed by atoms with Crippen LogP contribution in [0.3, 0.4) is 0 Å². The number of benzene rings is 1. The number of carbonyl (C=O) groups is 2. The van der Waals surface area contributed by atoms with Gasteiger partial charge in [0.1, 0.15) is 5.82 Å². The predicted molar refractivity (Wildman–Crippen MR) is 84.4 cm³/mol. The summed E-state index contributed by atoms with van der Waals surface area (Å²) in [5, 5.41) is 0. The van der Waals surface area contributed by atoms with Crippen molar-refractivity contribution >= 4 is 11.8 Å². The molecule has 2 rings (SSSR count). The second-order valence-electron chi connectivity index (χ2n) is 5.60. The van der Waals surface area contributed by atoms with E-state index in [2.05, 4.69) is 21.7 Å². The van der Waals surface area contributed by atoms with E-state index in [0.29, 0.717) is 12.1 Å². The highest BCUT2D eigenvalue weighted by molar-refractivity contribution is 5.84. The van der Waals surface area contributed by atoms with Crippen molar-refractivity contribution in [1.29, 1.82) is 0 Å². The highest BCUT2D eigenvalue weighted by atomic mass is 19.1. The van der Waals surface area contributed by atoms with Crippen LogP contribution in [0.1, 0.15) is 18.4 Å². The molecule has 1 aliphatic heterocycles. The molecule has 0 spiro atoms. The highest BCUT2D eigenvalue weighted by Crippen LogP contribution is 2.16. The number of likely N-dealkylation sites (tertiary alicyclic amines) is 1. The third-order valence-corrected chi connectivity index (χ3v) is 3.88. The number of nitrogens with zero attached hydrogens (tertiary/aromatic N) is 1. The summed E-state index contributed by atoms with van der Waals surface area (Å²) in [4.78, 5) is 25.9. The zero-order valence-electron chi connectivity index (χ0n) is 12.8. The molecule has 2 N–H and O–H groups in total. The highest BCUT2D eigenvalue weighted by Gasteiger charge is 2.24. The zero-order chi connectivity index (χ0) is 16.7. The molecule has 0 radical (unpaired) electrons. The number of terminal acetylenes is 1. The van der Waals surface area contributed by atoms with Crippen molar-refractivity contribution in [2.75, 3.05) is 19.6 Å². The molecule has 0 atom stereocenters. The molecular weight excluding hydrogens is 297 g/mol. The Labute approximate surface area is 135 Å². The Morgan fingerprint density at radius 1 is 1.22 bits per heavy atom. The average molecular weight is 317 g/mol. The van der Waals surface area contributed by atoms with Gasteiger partial charge in [-0.2, -0.15) is 0 Å². The van der Waals surface area contributed by atoms with Gasteiger partial charge in [0, 0.05) is 5.92 Å². The summed E-state index contributed by atoms with van der Waals surface area (Å²) in [6.07, 6.45) is 6.80. The third kappa shape index (κ3) is 5.38. The average Bonchev–Trinajstić information content (AvgIpc) is 2.56. The SMILES string of the molecule is C#CCN1CCC(C(=O)NNC(=O)Cc2ccc(F)cc2)CC1. The quantitative estimate of drug-likeness (QED) is 0.640. The van der Waals surface area contributed by atoms with Crippen LogP contribution in [0, 0.1) is 24.1 Å². The van der Waals surface area contributed by atoms with Crippen LogP contribution in [0.5, 0.6) is 0 Å². The third-order valence-electron chi connectivity index (χ3n) is 3.88. The van der Waals surface area contributed by atoms with E-state index in [4.69, 9.17) is 6.42 Å². The number of nitrogens with one attached hydrogen (secondary N) is 2. The number of amides is 2. The van der Waals surface area contributed by atoms with Crippen LogP contribution >= 0.6 is 0 Å². The van der Waals surface area contributed by atoms with Crippen LogP contribution in [0.2, 0.25) is 0 Å². The smallest absolute Gasteiger partial charge is 0.242 e. The fourth-order valence-electron chi connectivity index (χ4n) is 2.55. The molecule has 1 fully saturated rings. The molecule has 1 saturated heterocycles. The van der Waals surface area contributed by atoms with Gasteiger partial charge in [0.2, 0.25) is 11.8 Å². The maximum atomic E-state index is 12.8. The fraction of sp³-hybridized carbons (Fsp3) is 0.412. The summed E-state index contributed by atoms with van der Waals surface area (Å²) in [6.45, 7) is 2.17. The van der Waals surface area contributed by atoms with Crippen LogP contribution < -0.4 is 10.9 Å². The molecule has 23 heavy (non-hydrogen) atoms. The van der Waals surface area contributed by atoms with Crippen molar-refractivity contribution in [1.82, 2.24) is 15.8 Å². The number of hydrogen-bond acceptors (Lipinski definition) is 3. The molecule has 0 saturated carbocycles. The number of piperidine rings is 1. The molecule has 1 heterocycles. The molecule has 5 nitrogen and oxygen atoms in total. The minimum atomic E-state index is -0.348. The van der Waals surface area contributed by atoms with Gasteiger partial charge in [0.25, 0.3) is 0 Å². The summed E-state index contributed by atoms with van der Waals surface area (Å²) < 4.78 is 12.8. The van der Waals surface area contributed by atoms with E-state index in [-0.39, 0.29) is 30.0 Å². The lowest BCUT2D eigenvalue weighted by Crippen LogP contribution is -2.47. The first-order valence-electron chi connectivity index (χ1n) is 7.57. The normalized spacial score (nSPS) is 15.7. The summed E-state index contributed by atoms with van der Waals surface area (Å²) in [7, 11) is 0. The van der Waals surface area contributed by atoms with Gasteiger partial charge < -0.3 is 0 Å². The van der Waals surface area contributed by atoms with E-state index < -0.39 is 0 Å². The Balaban J connectivity index is 1.71. The van der Waals surface area contributed by atoms with Gasteiger partial charge in [-0.05, 0) is 43.6 Å². The van der Waals surface area contributed by atoms with Gasteiger partial charge in [-0.1, -0.05) is 18.1 Å². The van der Waals surface area contributed by atoms with E-state index in [1.165, 1.54) is 24.3 Å². The van der Waals surface area contributed by atoms with E-state index in [1.54, 1.807) is 0 Å². The van der Waals surface area contributed by atoms with Crippen LogP contribution in [0.4, 0.5) is 4.39 Å². The van der Waals surface area contributed by atoms with Crippen LogP contribution in [-0.2, 0) is 16.0 Å². The van der Waals surface area contributed by atoms with Crippen molar-refractivity contribution in [2.24, 2.45) is 5.92 Å². The van der Waals surface area contributed by atoms with Gasteiger partial charge in [-0.15, -0.1) is 6.42 Å². The molecule has 1 aromatic carbocycles. The number of hydrazine groups is 1. The fourth-order valence-corrected chi connectivity index (χ4v) is 2.55. The second-order valence-corrected chi connectivity index (χ2v) is 5.60. The van der Waals surface area contributed by atoms with E-state index in [0.717, 1.165) is 25.9 Å². The Morgan fingerprint density at radius 3 is 2.48 bits per heavy atom. The second kappa shape index (κ2) is 8.30. The van der Waals surface area contributed by atoms with Gasteiger partial charge >= 0.3 is 0 Å². The molecular formula is C17H20FN3O2. The van der Waals surface area contributed by atoms with Crippen molar-refractivity contribution in [2.45, 2.75) is 19.3 Å². The first kappa shape index (κ1) is 17.0. The number of rotatable bonds is 4. The summed E-state index contributed by atoms with van der Waals surface area (Å²) in [5.41, 5.74) is 5.54. The molecule has 0 bridgehead atoms. The summed E-state index contributed by atoms with van der Waals surface area (Å²) in [5.74, 6) is 1.61. The maximum Gasteiger partial charge on any atom is 0.242 e. The molecule has 1 aromatic rings. The van der Waals surface area contributed by atoms with Crippen molar-refractivity contribution in [3.8, 4) is 12.3 Å². The van der Waals surface area contributed by atoms with E-state index >= 15 is 0 Å². The van der Waals surface area contributed by atoms with Crippen LogP contribution in [0.25, 0.3) is 0 Å². The monoisotopic (exact) mass is 317 g/mol.